The van der Waals surface area contributed by atoms with Crippen LogP contribution in [0.2, 0.25) is 0 Å². The van der Waals surface area contributed by atoms with Gasteiger partial charge in [-0.2, -0.15) is 0 Å². The van der Waals surface area contributed by atoms with Gasteiger partial charge < -0.3 is 5.11 Å². The van der Waals surface area contributed by atoms with Gasteiger partial charge in [0.25, 0.3) is 0 Å². The third-order valence-corrected chi connectivity index (χ3v) is 1.74. The first-order valence-corrected chi connectivity index (χ1v) is 3.07. The van der Waals surface area contributed by atoms with Gasteiger partial charge in [0.2, 0.25) is 0 Å². The van der Waals surface area contributed by atoms with Crippen LogP contribution in [0.1, 0.15) is 12.8 Å². The molecule has 0 spiro atoms. The monoisotopic (exact) mass is 140 g/mol. The molecule has 0 amide bonds. The fraction of sp³-hybridized carbons (Fsp3) is 0.429. The van der Waals surface area contributed by atoms with Crippen LogP contribution >= 0.6 is 0 Å². The molecule has 1 aliphatic rings. The van der Waals surface area contributed by atoms with E-state index in [1.54, 1.807) is 0 Å². The third kappa shape index (κ3) is 0.943. The number of carbonyl (C=O) groups is 2. The summed E-state index contributed by atoms with van der Waals surface area (Å²) < 4.78 is 0. The summed E-state index contributed by atoms with van der Waals surface area (Å²) in [5.41, 5.74) is 0.257. The zero-order valence-corrected chi connectivity index (χ0v) is 5.46. The van der Waals surface area contributed by atoms with Gasteiger partial charge in [0.1, 0.15) is 0 Å². The highest BCUT2D eigenvalue weighted by Crippen LogP contribution is 2.26. The normalized spacial score (nSPS) is 25.4. The number of hydrogen-bond donors (Lipinski definition) is 1. The minimum absolute atomic E-state index is 0.104. The van der Waals surface area contributed by atoms with E-state index in [0.29, 0.717) is 12.8 Å². The molecule has 3 nitrogen and oxygen atoms in total. The molecule has 1 fully saturated rings. The average Bonchev–Trinajstić information content (AvgIpc) is 2.14. The molecule has 0 bridgehead atoms. The highest BCUT2D eigenvalue weighted by molar-refractivity contribution is 6.02. The summed E-state index contributed by atoms with van der Waals surface area (Å²) in [6.07, 6.45) is 0.767. The van der Waals surface area contributed by atoms with E-state index in [4.69, 9.17) is 5.11 Å². The number of rotatable bonds is 1. The van der Waals surface area contributed by atoms with E-state index in [1.807, 2.05) is 0 Å². The van der Waals surface area contributed by atoms with E-state index in [1.165, 1.54) is 0 Å². The lowest BCUT2D eigenvalue weighted by Gasteiger charge is -2.00. The van der Waals surface area contributed by atoms with Crippen LogP contribution in [0, 0.1) is 5.92 Å². The van der Waals surface area contributed by atoms with Gasteiger partial charge in [-0.05, 0) is 6.42 Å². The van der Waals surface area contributed by atoms with Crippen molar-refractivity contribution in [3.8, 4) is 0 Å². The number of Topliss-reactive ketones (excluding diaryl/α,β-unsaturated/α-hetero) is 1. The van der Waals surface area contributed by atoms with E-state index in [2.05, 4.69) is 6.58 Å². The van der Waals surface area contributed by atoms with Gasteiger partial charge in [-0.25, -0.2) is 0 Å². The van der Waals surface area contributed by atoms with E-state index in [-0.39, 0.29) is 11.4 Å². The highest BCUT2D eigenvalue weighted by atomic mass is 16.4. The summed E-state index contributed by atoms with van der Waals surface area (Å²) in [6.45, 7) is 3.41. The lowest BCUT2D eigenvalue weighted by atomic mass is 10.1. The maximum atomic E-state index is 10.7. The van der Waals surface area contributed by atoms with Crippen LogP contribution in [0.4, 0.5) is 0 Å². The zero-order chi connectivity index (χ0) is 7.72. The Morgan fingerprint density at radius 2 is 2.30 bits per heavy atom. The number of carbonyl (C=O) groups excluding carboxylic acids is 1. The second kappa shape index (κ2) is 2.25. The lowest BCUT2D eigenvalue weighted by molar-refractivity contribution is -0.140. The summed E-state index contributed by atoms with van der Waals surface area (Å²) in [7, 11) is 0. The lowest BCUT2D eigenvalue weighted by Crippen LogP contribution is -2.11. The molecule has 0 radical (unpaired) electrons. The fourth-order valence-electron chi connectivity index (χ4n) is 1.08. The van der Waals surface area contributed by atoms with Crippen molar-refractivity contribution >= 4 is 11.8 Å². The zero-order valence-electron chi connectivity index (χ0n) is 5.46. The minimum atomic E-state index is -0.934. The van der Waals surface area contributed by atoms with Crippen LogP contribution in [-0.2, 0) is 9.59 Å². The molecule has 10 heavy (non-hydrogen) atoms. The van der Waals surface area contributed by atoms with Crippen molar-refractivity contribution in [1.82, 2.24) is 0 Å². The number of hydrogen-bond acceptors (Lipinski definition) is 2. The Balaban J connectivity index is 2.76. The topological polar surface area (TPSA) is 54.4 Å². The predicted molar refractivity (Wildman–Crippen MR) is 34.5 cm³/mol. The first-order valence-electron chi connectivity index (χ1n) is 3.07. The molecule has 1 N–H and O–H groups in total. The minimum Gasteiger partial charge on any atom is -0.481 e. The standard InChI is InChI=1S/C7H8O3/c1-4-5(7(9)10)2-3-6(4)8/h5H,1-3H2,(H,9,10)/t5-/m0/s1. The van der Waals surface area contributed by atoms with Gasteiger partial charge in [0.15, 0.2) is 5.78 Å². The quantitative estimate of drug-likeness (QED) is 0.543. The maximum Gasteiger partial charge on any atom is 0.311 e. The van der Waals surface area contributed by atoms with Crippen molar-refractivity contribution in [2.45, 2.75) is 12.8 Å². The Labute approximate surface area is 58.4 Å². The van der Waals surface area contributed by atoms with Gasteiger partial charge in [0, 0.05) is 12.0 Å². The van der Waals surface area contributed by atoms with Crippen molar-refractivity contribution in [3.63, 3.8) is 0 Å². The Morgan fingerprint density at radius 1 is 1.70 bits per heavy atom. The van der Waals surface area contributed by atoms with Gasteiger partial charge in [0.05, 0.1) is 5.92 Å². The van der Waals surface area contributed by atoms with Crippen molar-refractivity contribution in [3.05, 3.63) is 12.2 Å². The molecule has 0 aromatic heterocycles. The molecule has 1 saturated carbocycles. The number of aliphatic carboxylic acids is 1. The molecule has 3 heteroatoms. The molecule has 1 aliphatic carbocycles. The van der Waals surface area contributed by atoms with Gasteiger partial charge in [-0.3, -0.25) is 9.59 Å². The van der Waals surface area contributed by atoms with Gasteiger partial charge in [-0.1, -0.05) is 6.58 Å². The van der Waals surface area contributed by atoms with Crippen molar-refractivity contribution in [1.29, 1.82) is 0 Å². The number of carboxylic acids is 1. The number of ketones is 1. The summed E-state index contributed by atoms with van der Waals surface area (Å²) in [5, 5.41) is 8.49. The molecule has 1 atom stereocenters. The van der Waals surface area contributed by atoms with Crippen molar-refractivity contribution < 1.29 is 14.7 Å². The van der Waals surface area contributed by atoms with Crippen molar-refractivity contribution in [2.24, 2.45) is 5.92 Å². The summed E-state index contributed by atoms with van der Waals surface area (Å²) in [4.78, 5) is 21.1. The Kier molecular flexibility index (Phi) is 1.57. The molecule has 0 aliphatic heterocycles. The van der Waals surface area contributed by atoms with E-state index in [0.717, 1.165) is 0 Å². The molecule has 0 unspecified atom stereocenters. The second-order valence-electron chi connectivity index (χ2n) is 2.38. The first kappa shape index (κ1) is 6.99. The molecule has 0 aromatic carbocycles. The largest absolute Gasteiger partial charge is 0.481 e. The van der Waals surface area contributed by atoms with Crippen LogP contribution in [0.25, 0.3) is 0 Å². The smallest absolute Gasteiger partial charge is 0.311 e. The van der Waals surface area contributed by atoms with Gasteiger partial charge in [-0.15, -0.1) is 0 Å². The maximum absolute atomic E-state index is 10.7. The Bertz CT molecular complexity index is 205. The summed E-state index contributed by atoms with van der Waals surface area (Å²) in [5.74, 6) is -1.66. The van der Waals surface area contributed by atoms with E-state index >= 15 is 0 Å². The first-order chi connectivity index (χ1) is 4.63. The molecule has 0 saturated heterocycles. The SMILES string of the molecule is C=C1C(=O)CC[C@@H]1C(=O)O. The average molecular weight is 140 g/mol. The van der Waals surface area contributed by atoms with E-state index < -0.39 is 11.9 Å². The van der Waals surface area contributed by atoms with Gasteiger partial charge >= 0.3 is 5.97 Å². The fourth-order valence-corrected chi connectivity index (χ4v) is 1.08. The van der Waals surface area contributed by atoms with Crippen LogP contribution in [0.15, 0.2) is 12.2 Å². The molecule has 1 rings (SSSR count). The van der Waals surface area contributed by atoms with E-state index in [9.17, 15) is 9.59 Å². The highest BCUT2D eigenvalue weighted by Gasteiger charge is 2.31. The summed E-state index contributed by atoms with van der Waals surface area (Å²) in [6, 6.07) is 0. The molecule has 0 aromatic rings. The Hall–Kier alpha value is -1.12. The van der Waals surface area contributed by atoms with Crippen LogP contribution in [0.3, 0.4) is 0 Å². The third-order valence-electron chi connectivity index (χ3n) is 1.74. The molecule has 0 heterocycles. The predicted octanol–water partition coefficient (Wildman–Crippen LogP) is 0.606. The molecular formula is C7H8O3. The molecular weight excluding hydrogens is 132 g/mol. The Morgan fingerprint density at radius 3 is 2.50 bits per heavy atom. The van der Waals surface area contributed by atoms with Crippen LogP contribution in [0.5, 0.6) is 0 Å². The summed E-state index contributed by atoms with van der Waals surface area (Å²) >= 11 is 0. The second-order valence-corrected chi connectivity index (χ2v) is 2.38. The van der Waals surface area contributed by atoms with Crippen LogP contribution in [-0.4, -0.2) is 16.9 Å². The van der Waals surface area contributed by atoms with Crippen molar-refractivity contribution in [2.75, 3.05) is 0 Å². The molecule has 54 valence electrons. The number of carboxylic acid groups (broad SMARTS) is 1. The van der Waals surface area contributed by atoms with Crippen LogP contribution < -0.4 is 0 Å².